The number of benzene rings is 5. The lowest BCUT2D eigenvalue weighted by Crippen LogP contribution is -2.39. The van der Waals surface area contributed by atoms with Gasteiger partial charge in [-0.3, -0.25) is 9.59 Å². The Hall–Kier alpha value is -4.52. The Morgan fingerprint density at radius 3 is 1.23 bits per heavy atom. The topological polar surface area (TPSA) is 58.2 Å². The molecule has 0 bridgehead atoms. The molecule has 0 aliphatic rings. The lowest BCUT2D eigenvalue weighted by atomic mass is 10.0. The molecule has 0 saturated carbocycles. The number of fused-ring (bicyclic) bond motifs is 3. The number of rotatable bonds is 14. The number of hydrogen-bond donors (Lipinski definition) is 2. The van der Waals surface area contributed by atoms with Crippen molar-refractivity contribution >= 4 is 44.7 Å². The van der Waals surface area contributed by atoms with Gasteiger partial charge >= 0.3 is 0 Å². The molecule has 250 valence electrons. The molecule has 2 amide bonds. The molecule has 0 radical (unpaired) electrons. The predicted molar refractivity (Wildman–Crippen MR) is 201 cm³/mol. The molecule has 6 nitrogen and oxygen atoms in total. The summed E-state index contributed by atoms with van der Waals surface area (Å²) in [5.74, 6) is -0.272. The fourth-order valence-electron chi connectivity index (χ4n) is 6.45. The molecule has 0 spiro atoms. The molecule has 6 heteroatoms. The predicted octanol–water partition coefficient (Wildman–Crippen LogP) is 9.25. The standard InChI is InChI=1S/C42H50N4O2/c1-7-9-25-45(3,4)29-31-11-15-35(16-12-31)41(47)43-37-23-21-33-19-20-34-22-24-38(28-40(34)39(33)27-37)44-42(48)36-17-13-32(14-18-36)30-46(5,6)26-10-8-2/h11-24,27-28H,7-10,25-26,29-30H2,1-6H3/p+2. The van der Waals surface area contributed by atoms with E-state index in [2.05, 4.69) is 89.1 Å². The largest absolute Gasteiger partial charge is 0.325 e. The van der Waals surface area contributed by atoms with Gasteiger partial charge in [-0.2, -0.15) is 0 Å². The van der Waals surface area contributed by atoms with Crippen molar-refractivity contribution in [1.82, 2.24) is 0 Å². The number of carbonyl (C=O) groups is 2. The molecule has 0 saturated heterocycles. The van der Waals surface area contributed by atoms with Gasteiger partial charge in [0.1, 0.15) is 13.1 Å². The second-order valence-corrected chi connectivity index (χ2v) is 14.6. The van der Waals surface area contributed by atoms with Crippen LogP contribution in [-0.4, -0.2) is 62.1 Å². The summed E-state index contributed by atoms with van der Waals surface area (Å²) >= 11 is 0. The van der Waals surface area contributed by atoms with E-state index < -0.39 is 0 Å². The van der Waals surface area contributed by atoms with Gasteiger partial charge in [-0.05, 0) is 82.9 Å². The van der Waals surface area contributed by atoms with Crippen LogP contribution in [0.15, 0.2) is 97.1 Å². The van der Waals surface area contributed by atoms with E-state index in [-0.39, 0.29) is 11.8 Å². The first-order valence-corrected chi connectivity index (χ1v) is 17.4. The van der Waals surface area contributed by atoms with E-state index >= 15 is 0 Å². The Balaban J connectivity index is 1.29. The van der Waals surface area contributed by atoms with Crippen LogP contribution in [0.5, 0.6) is 0 Å². The van der Waals surface area contributed by atoms with E-state index in [1.165, 1.54) is 36.8 Å². The molecule has 48 heavy (non-hydrogen) atoms. The molecule has 5 aromatic rings. The van der Waals surface area contributed by atoms with Crippen LogP contribution in [0.2, 0.25) is 0 Å². The van der Waals surface area contributed by atoms with Crippen molar-refractivity contribution < 1.29 is 18.6 Å². The highest BCUT2D eigenvalue weighted by atomic mass is 16.2. The van der Waals surface area contributed by atoms with E-state index in [0.29, 0.717) is 11.1 Å². The van der Waals surface area contributed by atoms with E-state index in [1.807, 2.05) is 60.7 Å². The number of hydrogen-bond acceptors (Lipinski definition) is 2. The van der Waals surface area contributed by atoms with Crippen molar-refractivity contribution in [3.63, 3.8) is 0 Å². The van der Waals surface area contributed by atoms with E-state index in [1.54, 1.807) is 0 Å². The van der Waals surface area contributed by atoms with E-state index in [4.69, 9.17) is 0 Å². The molecule has 0 aliphatic carbocycles. The minimum absolute atomic E-state index is 0.136. The molecule has 2 N–H and O–H groups in total. The molecule has 0 aliphatic heterocycles. The average Bonchev–Trinajstić information content (AvgIpc) is 3.06. The van der Waals surface area contributed by atoms with Gasteiger partial charge in [0.25, 0.3) is 11.8 Å². The van der Waals surface area contributed by atoms with Crippen LogP contribution >= 0.6 is 0 Å². The number of nitrogens with one attached hydrogen (secondary N) is 2. The zero-order valence-electron chi connectivity index (χ0n) is 29.6. The molecule has 0 heterocycles. The third-order valence-corrected chi connectivity index (χ3v) is 9.24. The first-order chi connectivity index (χ1) is 22.9. The maximum Gasteiger partial charge on any atom is 0.255 e. The fourth-order valence-corrected chi connectivity index (χ4v) is 6.45. The first-order valence-electron chi connectivity index (χ1n) is 17.4. The average molecular weight is 645 g/mol. The summed E-state index contributed by atoms with van der Waals surface area (Å²) in [5, 5.41) is 10.3. The first kappa shape index (κ1) is 34.8. The van der Waals surface area contributed by atoms with Crippen molar-refractivity contribution in [3.05, 3.63) is 119 Å². The molecule has 0 unspecified atom stereocenters. The highest BCUT2D eigenvalue weighted by molar-refractivity contribution is 6.12. The van der Waals surface area contributed by atoms with Crippen molar-refractivity contribution in [2.45, 2.75) is 52.6 Å². The maximum absolute atomic E-state index is 13.2. The third kappa shape index (κ3) is 9.09. The number of carbonyl (C=O) groups excluding carboxylic acids is 2. The number of nitrogens with zero attached hydrogens (tertiary/aromatic N) is 2. The van der Waals surface area contributed by atoms with Gasteiger partial charge in [0.05, 0.1) is 41.3 Å². The van der Waals surface area contributed by atoms with Gasteiger partial charge in [-0.25, -0.2) is 0 Å². The van der Waals surface area contributed by atoms with Gasteiger partial charge in [0.15, 0.2) is 0 Å². The number of amides is 2. The molecular formula is C42H52N4O2+2. The Bertz CT molecular complexity index is 1740. The Morgan fingerprint density at radius 2 is 0.875 bits per heavy atom. The minimum Gasteiger partial charge on any atom is -0.325 e. The SMILES string of the molecule is CCCC[N+](C)(C)Cc1ccc(C(=O)Nc2ccc3ccc4ccc(NC(=O)c5ccc(C[N+](C)(C)CCCC)cc5)cc4c3c2)cc1. The normalized spacial score (nSPS) is 12.0. The van der Waals surface area contributed by atoms with E-state index in [0.717, 1.165) is 68.1 Å². The van der Waals surface area contributed by atoms with Crippen LogP contribution in [0.25, 0.3) is 21.5 Å². The van der Waals surface area contributed by atoms with Gasteiger partial charge in [0.2, 0.25) is 0 Å². The van der Waals surface area contributed by atoms with Crippen LogP contribution in [0, 0.1) is 0 Å². The highest BCUT2D eigenvalue weighted by Crippen LogP contribution is 2.30. The number of unbranched alkanes of at least 4 members (excludes halogenated alkanes) is 2. The second kappa shape index (κ2) is 15.1. The maximum atomic E-state index is 13.2. The lowest BCUT2D eigenvalue weighted by Gasteiger charge is -2.29. The quantitative estimate of drug-likeness (QED) is 0.0935. The zero-order valence-corrected chi connectivity index (χ0v) is 29.6. The Morgan fingerprint density at radius 1 is 0.521 bits per heavy atom. The summed E-state index contributed by atoms with van der Waals surface area (Å²) in [7, 11) is 9.02. The number of quaternary nitrogens is 2. The van der Waals surface area contributed by atoms with Gasteiger partial charge in [0, 0.05) is 33.6 Å². The zero-order chi connectivity index (χ0) is 34.3. The summed E-state index contributed by atoms with van der Waals surface area (Å²) < 4.78 is 1.86. The summed E-state index contributed by atoms with van der Waals surface area (Å²) in [6, 6.07) is 32.0. The Kier molecular flexibility index (Phi) is 11.0. The van der Waals surface area contributed by atoms with Crippen molar-refractivity contribution in [2.75, 3.05) is 51.9 Å². The van der Waals surface area contributed by atoms with Gasteiger partial charge in [-0.1, -0.05) is 75.2 Å². The summed E-state index contributed by atoms with van der Waals surface area (Å²) in [6.45, 7) is 8.58. The summed E-state index contributed by atoms with van der Waals surface area (Å²) in [6.07, 6.45) is 4.79. The molecule has 5 rings (SSSR count). The van der Waals surface area contributed by atoms with Crippen LogP contribution in [0.1, 0.15) is 71.4 Å². The number of anilines is 2. The Labute approximate surface area is 286 Å². The molecular weight excluding hydrogens is 592 g/mol. The van der Waals surface area contributed by atoms with Crippen LogP contribution in [0.4, 0.5) is 11.4 Å². The third-order valence-electron chi connectivity index (χ3n) is 9.24. The minimum atomic E-state index is -0.136. The smallest absolute Gasteiger partial charge is 0.255 e. The van der Waals surface area contributed by atoms with Crippen LogP contribution < -0.4 is 10.6 Å². The van der Waals surface area contributed by atoms with Crippen LogP contribution in [-0.2, 0) is 13.1 Å². The van der Waals surface area contributed by atoms with E-state index in [9.17, 15) is 9.59 Å². The van der Waals surface area contributed by atoms with Gasteiger partial charge < -0.3 is 19.6 Å². The van der Waals surface area contributed by atoms with Crippen LogP contribution in [0.3, 0.4) is 0 Å². The van der Waals surface area contributed by atoms with Crippen molar-refractivity contribution in [1.29, 1.82) is 0 Å². The second-order valence-electron chi connectivity index (χ2n) is 14.6. The van der Waals surface area contributed by atoms with Crippen molar-refractivity contribution in [2.24, 2.45) is 0 Å². The molecule has 0 fully saturated rings. The molecule has 0 atom stereocenters. The summed E-state index contributed by atoms with van der Waals surface area (Å²) in [4.78, 5) is 26.5. The highest BCUT2D eigenvalue weighted by Gasteiger charge is 2.17. The lowest BCUT2D eigenvalue weighted by molar-refractivity contribution is -0.903. The monoisotopic (exact) mass is 644 g/mol. The van der Waals surface area contributed by atoms with Crippen molar-refractivity contribution in [3.8, 4) is 0 Å². The van der Waals surface area contributed by atoms with Gasteiger partial charge in [-0.15, -0.1) is 0 Å². The summed E-state index contributed by atoms with van der Waals surface area (Å²) in [5.41, 5.74) is 5.18. The molecule has 5 aromatic carbocycles. The molecule has 0 aromatic heterocycles. The fraction of sp³-hybridized carbons (Fsp3) is 0.333.